The first-order valence-electron chi connectivity index (χ1n) is 5.20. The summed E-state index contributed by atoms with van der Waals surface area (Å²) in [6, 6.07) is 7.46. The highest BCUT2D eigenvalue weighted by Crippen LogP contribution is 2.27. The van der Waals surface area contributed by atoms with Crippen molar-refractivity contribution >= 4 is 11.5 Å². The number of para-hydroxylation sites is 1. The molecule has 0 amide bonds. The molecule has 16 heavy (non-hydrogen) atoms. The van der Waals surface area contributed by atoms with Crippen LogP contribution < -0.4 is 4.74 Å². The lowest BCUT2D eigenvalue weighted by Gasteiger charge is -2.11. The molecule has 0 bridgehead atoms. The van der Waals surface area contributed by atoms with Crippen molar-refractivity contribution in [1.82, 2.24) is 0 Å². The van der Waals surface area contributed by atoms with Gasteiger partial charge in [0.15, 0.2) is 0 Å². The predicted molar refractivity (Wildman–Crippen MR) is 63.5 cm³/mol. The number of benzene rings is 1. The van der Waals surface area contributed by atoms with E-state index in [0.717, 1.165) is 16.9 Å². The van der Waals surface area contributed by atoms with Crippen LogP contribution in [0.5, 0.6) is 5.75 Å². The minimum atomic E-state index is -0.899. The number of hydrogen-bond donors (Lipinski definition) is 1. The first kappa shape index (κ1) is 12.3. The second kappa shape index (κ2) is 5.35. The Kier molecular flexibility index (Phi) is 4.11. The smallest absolute Gasteiger partial charge is 0.331 e. The summed E-state index contributed by atoms with van der Waals surface area (Å²) in [4.78, 5) is 10.9. The van der Waals surface area contributed by atoms with Crippen LogP contribution in [0.1, 0.15) is 26.3 Å². The summed E-state index contributed by atoms with van der Waals surface area (Å²) in [5.41, 5.74) is 1.91. The fourth-order valence-corrected chi connectivity index (χ4v) is 1.42. The van der Waals surface area contributed by atoms with Crippen molar-refractivity contribution in [1.29, 1.82) is 0 Å². The molecule has 0 saturated heterocycles. The van der Waals surface area contributed by atoms with Crippen molar-refractivity contribution in [2.75, 3.05) is 6.61 Å². The highest BCUT2D eigenvalue weighted by molar-refractivity contribution is 5.96. The molecule has 1 aromatic rings. The van der Waals surface area contributed by atoms with Gasteiger partial charge in [0.05, 0.1) is 6.61 Å². The molecular formula is C13H16O3. The van der Waals surface area contributed by atoms with Gasteiger partial charge in [-0.2, -0.15) is 0 Å². The van der Waals surface area contributed by atoms with Crippen molar-refractivity contribution in [2.24, 2.45) is 0 Å². The number of hydrogen-bond acceptors (Lipinski definition) is 2. The van der Waals surface area contributed by atoms with Crippen LogP contribution in [0.2, 0.25) is 0 Å². The molecule has 3 heteroatoms. The Bertz CT molecular complexity index is 419. The van der Waals surface area contributed by atoms with Crippen LogP contribution in [0.3, 0.4) is 0 Å². The van der Waals surface area contributed by atoms with E-state index in [9.17, 15) is 4.79 Å². The molecule has 1 N–H and O–H groups in total. The van der Waals surface area contributed by atoms with Gasteiger partial charge >= 0.3 is 5.97 Å². The van der Waals surface area contributed by atoms with Gasteiger partial charge < -0.3 is 9.84 Å². The third kappa shape index (κ3) is 2.63. The molecule has 3 nitrogen and oxygen atoms in total. The Morgan fingerprint density at radius 3 is 2.50 bits per heavy atom. The zero-order chi connectivity index (χ0) is 12.1. The number of carboxylic acids is 1. The van der Waals surface area contributed by atoms with Gasteiger partial charge in [-0.1, -0.05) is 18.2 Å². The number of rotatable bonds is 4. The Labute approximate surface area is 95.4 Å². The first-order chi connectivity index (χ1) is 7.57. The lowest BCUT2D eigenvalue weighted by atomic mass is 10.0. The van der Waals surface area contributed by atoms with E-state index in [2.05, 4.69) is 0 Å². The maximum Gasteiger partial charge on any atom is 0.331 e. The Balaban J connectivity index is 3.22. The highest BCUT2D eigenvalue weighted by atomic mass is 16.5. The van der Waals surface area contributed by atoms with Gasteiger partial charge in [0.25, 0.3) is 0 Å². The molecule has 0 aliphatic rings. The minimum absolute atomic E-state index is 0.340. The van der Waals surface area contributed by atoms with E-state index in [-0.39, 0.29) is 0 Å². The molecule has 0 aliphatic heterocycles. The molecule has 0 heterocycles. The topological polar surface area (TPSA) is 46.5 Å². The summed E-state index contributed by atoms with van der Waals surface area (Å²) in [6.45, 7) is 5.86. The van der Waals surface area contributed by atoms with E-state index >= 15 is 0 Å². The largest absolute Gasteiger partial charge is 0.493 e. The van der Waals surface area contributed by atoms with Crippen LogP contribution in [0.4, 0.5) is 0 Å². The van der Waals surface area contributed by atoms with E-state index in [0.29, 0.717) is 12.2 Å². The third-order valence-corrected chi connectivity index (χ3v) is 2.47. The molecule has 0 spiro atoms. The van der Waals surface area contributed by atoms with Crippen LogP contribution in [0, 0.1) is 0 Å². The predicted octanol–water partition coefficient (Wildman–Crippen LogP) is 2.96. The van der Waals surface area contributed by atoms with Gasteiger partial charge in [0, 0.05) is 11.1 Å². The first-order valence-corrected chi connectivity index (χ1v) is 5.20. The lowest BCUT2D eigenvalue weighted by molar-refractivity contribution is -0.132. The highest BCUT2D eigenvalue weighted by Gasteiger charge is 2.10. The molecule has 0 aromatic heterocycles. The Hall–Kier alpha value is -1.77. The fourth-order valence-electron chi connectivity index (χ4n) is 1.42. The zero-order valence-electron chi connectivity index (χ0n) is 9.78. The summed E-state index contributed by atoms with van der Waals surface area (Å²) in [7, 11) is 0. The number of aliphatic carboxylic acids is 1. The Morgan fingerprint density at radius 2 is 1.94 bits per heavy atom. The fraction of sp³-hybridized carbons (Fsp3) is 0.308. The molecular weight excluding hydrogens is 204 g/mol. The third-order valence-electron chi connectivity index (χ3n) is 2.47. The molecule has 0 atom stereocenters. The summed E-state index contributed by atoms with van der Waals surface area (Å²) in [6.07, 6.45) is 0. The van der Waals surface area contributed by atoms with Crippen molar-refractivity contribution < 1.29 is 14.6 Å². The molecule has 0 fully saturated rings. The van der Waals surface area contributed by atoms with Gasteiger partial charge in [-0.15, -0.1) is 0 Å². The van der Waals surface area contributed by atoms with E-state index in [1.54, 1.807) is 13.8 Å². The monoisotopic (exact) mass is 220 g/mol. The van der Waals surface area contributed by atoms with Gasteiger partial charge in [-0.25, -0.2) is 4.79 Å². The maximum absolute atomic E-state index is 10.9. The van der Waals surface area contributed by atoms with E-state index in [4.69, 9.17) is 9.84 Å². The van der Waals surface area contributed by atoms with Gasteiger partial charge in [-0.05, 0) is 32.4 Å². The van der Waals surface area contributed by atoms with E-state index in [1.807, 2.05) is 31.2 Å². The average molecular weight is 220 g/mol. The summed E-state index contributed by atoms with van der Waals surface area (Å²) in [5.74, 6) is -0.174. The number of ether oxygens (including phenoxy) is 1. The SMILES string of the molecule is CCOc1ccccc1C(C)=C(C)C(=O)O. The number of allylic oxidation sites excluding steroid dienone is 1. The van der Waals surface area contributed by atoms with E-state index in [1.165, 1.54) is 0 Å². The molecule has 0 aliphatic carbocycles. The van der Waals surface area contributed by atoms with Crippen molar-refractivity contribution in [2.45, 2.75) is 20.8 Å². The lowest BCUT2D eigenvalue weighted by Crippen LogP contribution is -2.01. The average Bonchev–Trinajstić information content (AvgIpc) is 2.28. The van der Waals surface area contributed by atoms with Gasteiger partial charge in [-0.3, -0.25) is 0 Å². The normalized spacial score (nSPS) is 11.9. The van der Waals surface area contributed by atoms with Crippen LogP contribution in [0.25, 0.3) is 5.57 Å². The number of carboxylic acid groups (broad SMARTS) is 1. The standard InChI is InChI=1S/C13H16O3/c1-4-16-12-8-6-5-7-11(12)9(2)10(3)13(14)15/h5-8H,4H2,1-3H3,(H,14,15). The molecule has 1 aromatic carbocycles. The number of carbonyl (C=O) groups is 1. The van der Waals surface area contributed by atoms with Crippen molar-refractivity contribution in [3.63, 3.8) is 0 Å². The summed E-state index contributed by atoms with van der Waals surface area (Å²) < 4.78 is 5.46. The molecule has 86 valence electrons. The molecule has 0 unspecified atom stereocenters. The van der Waals surface area contributed by atoms with Crippen LogP contribution in [-0.4, -0.2) is 17.7 Å². The Morgan fingerprint density at radius 1 is 1.31 bits per heavy atom. The molecule has 1 rings (SSSR count). The van der Waals surface area contributed by atoms with Crippen LogP contribution in [0.15, 0.2) is 29.8 Å². The summed E-state index contributed by atoms with van der Waals surface area (Å²) in [5, 5.41) is 8.94. The maximum atomic E-state index is 10.9. The van der Waals surface area contributed by atoms with Crippen LogP contribution in [-0.2, 0) is 4.79 Å². The minimum Gasteiger partial charge on any atom is -0.493 e. The van der Waals surface area contributed by atoms with Gasteiger partial charge in [0.1, 0.15) is 5.75 Å². The summed E-state index contributed by atoms with van der Waals surface area (Å²) >= 11 is 0. The zero-order valence-corrected chi connectivity index (χ0v) is 9.78. The van der Waals surface area contributed by atoms with E-state index < -0.39 is 5.97 Å². The van der Waals surface area contributed by atoms with Crippen molar-refractivity contribution in [3.05, 3.63) is 35.4 Å². The van der Waals surface area contributed by atoms with Gasteiger partial charge in [0.2, 0.25) is 0 Å². The second-order valence-corrected chi connectivity index (χ2v) is 3.48. The molecule has 0 radical (unpaired) electrons. The molecule has 0 saturated carbocycles. The quantitative estimate of drug-likeness (QED) is 0.793. The second-order valence-electron chi connectivity index (χ2n) is 3.48. The van der Waals surface area contributed by atoms with Crippen molar-refractivity contribution in [3.8, 4) is 5.75 Å². The van der Waals surface area contributed by atoms with Crippen LogP contribution >= 0.6 is 0 Å².